The van der Waals surface area contributed by atoms with Crippen LogP contribution in [0.2, 0.25) is 0 Å². The van der Waals surface area contributed by atoms with Crippen LogP contribution < -0.4 is 5.14 Å². The van der Waals surface area contributed by atoms with Crippen LogP contribution in [-0.2, 0) is 23.0 Å². The van der Waals surface area contributed by atoms with Crippen molar-refractivity contribution in [3.63, 3.8) is 0 Å². The van der Waals surface area contributed by atoms with E-state index in [2.05, 4.69) is 30.2 Å². The number of aryl methyl sites for hydroxylation is 1. The maximum absolute atomic E-state index is 12.0. The fourth-order valence-electron chi connectivity index (χ4n) is 3.11. The number of aromatic amines is 1. The van der Waals surface area contributed by atoms with E-state index in [1.165, 1.54) is 6.07 Å². The smallest absolute Gasteiger partial charge is 0.238 e. The second kappa shape index (κ2) is 5.49. The SMILES string of the molecule is NS(=O)(=O)c1cccc(-c2cnc3n2CCCC3)c1-c1nn[nH]n1. The highest BCUT2D eigenvalue weighted by atomic mass is 32.2. The van der Waals surface area contributed by atoms with Crippen LogP contribution in [0, 0.1) is 0 Å². The van der Waals surface area contributed by atoms with Crippen LogP contribution in [0.15, 0.2) is 29.3 Å². The van der Waals surface area contributed by atoms with Gasteiger partial charge in [-0.2, -0.15) is 5.21 Å². The fourth-order valence-corrected chi connectivity index (χ4v) is 3.87. The first-order chi connectivity index (χ1) is 11.6. The molecule has 2 aromatic heterocycles. The van der Waals surface area contributed by atoms with Crippen LogP contribution >= 0.6 is 0 Å². The summed E-state index contributed by atoms with van der Waals surface area (Å²) in [6.45, 7) is 0.843. The molecule has 0 radical (unpaired) electrons. The molecule has 1 aromatic carbocycles. The van der Waals surface area contributed by atoms with Gasteiger partial charge >= 0.3 is 0 Å². The molecule has 124 valence electrons. The zero-order valence-electron chi connectivity index (χ0n) is 12.7. The van der Waals surface area contributed by atoms with Crippen molar-refractivity contribution in [1.29, 1.82) is 0 Å². The molecule has 0 saturated carbocycles. The average Bonchev–Trinajstić information content (AvgIpc) is 3.23. The molecule has 10 heteroatoms. The number of primary sulfonamides is 1. The van der Waals surface area contributed by atoms with E-state index < -0.39 is 10.0 Å². The van der Waals surface area contributed by atoms with E-state index in [0.717, 1.165) is 37.3 Å². The highest BCUT2D eigenvalue weighted by molar-refractivity contribution is 7.89. The van der Waals surface area contributed by atoms with Gasteiger partial charge in [-0.25, -0.2) is 18.5 Å². The lowest BCUT2D eigenvalue weighted by Gasteiger charge is -2.18. The summed E-state index contributed by atoms with van der Waals surface area (Å²) < 4.78 is 26.2. The standard InChI is InChI=1S/C14H15N7O2S/c15-24(22,23)11-5-3-4-9(13(11)14-17-19-20-18-14)10-8-16-12-6-1-2-7-21(10)12/h3-5,8H,1-2,6-7H2,(H2,15,22,23)(H,17,18,19,20). The van der Waals surface area contributed by atoms with Crippen molar-refractivity contribution in [2.75, 3.05) is 0 Å². The first-order valence-corrected chi connectivity index (χ1v) is 9.05. The number of rotatable bonds is 3. The Morgan fingerprint density at radius 2 is 2.12 bits per heavy atom. The summed E-state index contributed by atoms with van der Waals surface area (Å²) >= 11 is 0. The molecule has 0 bridgehead atoms. The molecule has 1 aliphatic heterocycles. The molecule has 0 fully saturated rings. The third-order valence-electron chi connectivity index (χ3n) is 4.15. The van der Waals surface area contributed by atoms with Gasteiger partial charge in [0.05, 0.1) is 22.3 Å². The topological polar surface area (TPSA) is 132 Å². The van der Waals surface area contributed by atoms with E-state index in [1.54, 1.807) is 12.3 Å². The Morgan fingerprint density at radius 3 is 2.88 bits per heavy atom. The number of sulfonamides is 1. The molecule has 0 aliphatic carbocycles. The Balaban J connectivity index is 2.02. The minimum absolute atomic E-state index is 0.0345. The quantitative estimate of drug-likeness (QED) is 0.718. The number of H-pyrrole nitrogens is 1. The van der Waals surface area contributed by atoms with Gasteiger partial charge in [-0.1, -0.05) is 12.1 Å². The Bertz CT molecular complexity index is 992. The zero-order valence-corrected chi connectivity index (χ0v) is 13.5. The van der Waals surface area contributed by atoms with Crippen molar-refractivity contribution in [1.82, 2.24) is 30.2 Å². The first kappa shape index (κ1) is 15.0. The van der Waals surface area contributed by atoms with E-state index in [4.69, 9.17) is 5.14 Å². The van der Waals surface area contributed by atoms with E-state index in [-0.39, 0.29) is 10.7 Å². The second-order valence-electron chi connectivity index (χ2n) is 5.63. The predicted octanol–water partition coefficient (Wildman–Crippen LogP) is 0.714. The highest BCUT2D eigenvalue weighted by Gasteiger charge is 2.25. The lowest BCUT2D eigenvalue weighted by atomic mass is 10.0. The number of benzene rings is 1. The maximum atomic E-state index is 12.0. The third kappa shape index (κ3) is 2.39. The van der Waals surface area contributed by atoms with Crippen molar-refractivity contribution in [3.05, 3.63) is 30.2 Å². The van der Waals surface area contributed by atoms with Gasteiger partial charge in [-0.3, -0.25) is 0 Å². The summed E-state index contributed by atoms with van der Waals surface area (Å²) in [5.74, 6) is 1.18. The monoisotopic (exact) mass is 345 g/mol. The number of fused-ring (bicyclic) bond motifs is 1. The molecule has 0 saturated heterocycles. The van der Waals surface area contributed by atoms with Crippen LogP contribution in [0.5, 0.6) is 0 Å². The van der Waals surface area contributed by atoms with Gasteiger partial charge in [0.1, 0.15) is 5.82 Å². The molecule has 3 aromatic rings. The van der Waals surface area contributed by atoms with Crippen LogP contribution in [0.3, 0.4) is 0 Å². The predicted molar refractivity (Wildman–Crippen MR) is 85.1 cm³/mol. The number of hydrogen-bond donors (Lipinski definition) is 2. The molecule has 0 amide bonds. The Morgan fingerprint density at radius 1 is 1.25 bits per heavy atom. The first-order valence-electron chi connectivity index (χ1n) is 7.50. The summed E-state index contributed by atoms with van der Waals surface area (Å²) in [5, 5.41) is 19.2. The Hall–Kier alpha value is -2.59. The van der Waals surface area contributed by atoms with E-state index in [0.29, 0.717) is 11.1 Å². The fraction of sp³-hybridized carbons (Fsp3) is 0.286. The molecule has 4 rings (SSSR count). The number of tetrazole rings is 1. The molecule has 24 heavy (non-hydrogen) atoms. The molecule has 9 nitrogen and oxygen atoms in total. The summed E-state index contributed by atoms with van der Waals surface area (Å²) in [7, 11) is -3.95. The number of nitrogens with two attached hydrogens (primary N) is 1. The van der Waals surface area contributed by atoms with Crippen LogP contribution in [-0.4, -0.2) is 38.6 Å². The van der Waals surface area contributed by atoms with E-state index >= 15 is 0 Å². The van der Waals surface area contributed by atoms with Crippen LogP contribution in [0.4, 0.5) is 0 Å². The van der Waals surface area contributed by atoms with Gasteiger partial charge in [0.25, 0.3) is 0 Å². The minimum atomic E-state index is -3.95. The van der Waals surface area contributed by atoms with Gasteiger partial charge in [-0.15, -0.1) is 10.2 Å². The number of nitrogens with one attached hydrogen (secondary N) is 1. The lowest BCUT2D eigenvalue weighted by molar-refractivity contribution is 0.526. The van der Waals surface area contributed by atoms with E-state index in [1.807, 2.05) is 6.07 Å². The maximum Gasteiger partial charge on any atom is 0.238 e. The normalized spacial score (nSPS) is 14.5. The molecular weight excluding hydrogens is 330 g/mol. The van der Waals surface area contributed by atoms with E-state index in [9.17, 15) is 8.42 Å². The van der Waals surface area contributed by atoms with Gasteiger partial charge in [0.2, 0.25) is 15.8 Å². The highest BCUT2D eigenvalue weighted by Crippen LogP contribution is 2.36. The Kier molecular flexibility index (Phi) is 3.43. The van der Waals surface area contributed by atoms with Gasteiger partial charge < -0.3 is 4.57 Å². The van der Waals surface area contributed by atoms with Crippen molar-refractivity contribution in [2.24, 2.45) is 5.14 Å². The molecule has 0 unspecified atom stereocenters. The molecular formula is C14H15N7O2S. The number of nitrogens with zero attached hydrogens (tertiary/aromatic N) is 5. The lowest BCUT2D eigenvalue weighted by Crippen LogP contribution is -2.15. The molecule has 0 atom stereocenters. The zero-order chi connectivity index (χ0) is 16.7. The summed E-state index contributed by atoms with van der Waals surface area (Å²) in [5.41, 5.74) is 1.83. The largest absolute Gasteiger partial charge is 0.328 e. The van der Waals surface area contributed by atoms with Crippen molar-refractivity contribution in [2.45, 2.75) is 30.7 Å². The summed E-state index contributed by atoms with van der Waals surface area (Å²) in [6.07, 6.45) is 4.83. The van der Waals surface area contributed by atoms with Gasteiger partial charge in [0, 0.05) is 18.5 Å². The number of aromatic nitrogens is 6. The summed E-state index contributed by atoms with van der Waals surface area (Å²) in [4.78, 5) is 4.43. The number of hydrogen-bond acceptors (Lipinski definition) is 6. The summed E-state index contributed by atoms with van der Waals surface area (Å²) in [6, 6.07) is 4.92. The second-order valence-corrected chi connectivity index (χ2v) is 7.16. The van der Waals surface area contributed by atoms with Crippen LogP contribution in [0.25, 0.3) is 22.6 Å². The molecule has 3 N–H and O–H groups in total. The van der Waals surface area contributed by atoms with Crippen molar-refractivity contribution in [3.8, 4) is 22.6 Å². The third-order valence-corrected chi connectivity index (χ3v) is 5.10. The molecule has 3 heterocycles. The average molecular weight is 345 g/mol. The van der Waals surface area contributed by atoms with Crippen molar-refractivity contribution < 1.29 is 8.42 Å². The molecule has 0 spiro atoms. The Labute approximate surface area is 138 Å². The van der Waals surface area contributed by atoms with Crippen LogP contribution in [0.1, 0.15) is 18.7 Å². The number of imidazole rings is 1. The van der Waals surface area contributed by atoms with Gasteiger partial charge in [0.15, 0.2) is 0 Å². The van der Waals surface area contributed by atoms with Crippen molar-refractivity contribution >= 4 is 10.0 Å². The van der Waals surface area contributed by atoms with Gasteiger partial charge in [-0.05, 0) is 24.1 Å². The molecule has 1 aliphatic rings. The minimum Gasteiger partial charge on any atom is -0.328 e.